The molecule has 4 nitrogen and oxygen atoms in total. The van der Waals surface area contributed by atoms with Crippen molar-refractivity contribution < 1.29 is 9.53 Å². The van der Waals surface area contributed by atoms with Crippen molar-refractivity contribution in [2.45, 2.75) is 26.4 Å². The van der Waals surface area contributed by atoms with Crippen molar-refractivity contribution in [3.05, 3.63) is 48.0 Å². The number of carbonyl (C=O) groups excluding carboxylic acids is 1. The fourth-order valence-corrected chi connectivity index (χ4v) is 2.39. The number of nitrogens with zero attached hydrogens (tertiary/aromatic N) is 1. The standard InChI is InChI=1S/C18H18N2O2/c1-18(2,3)22-17(21)12-8-9-14(19)16-13(12)10-11-6-4-5-7-15(11)20-16/h4-10H,19H2,1-3H3. The number of esters is 1. The van der Waals surface area contributed by atoms with Crippen LogP contribution in [0, 0.1) is 0 Å². The van der Waals surface area contributed by atoms with Crippen LogP contribution in [-0.2, 0) is 4.74 Å². The molecule has 0 bridgehead atoms. The summed E-state index contributed by atoms with van der Waals surface area (Å²) in [4.78, 5) is 17.0. The molecule has 112 valence electrons. The molecule has 4 heteroatoms. The van der Waals surface area contributed by atoms with Crippen molar-refractivity contribution in [2.75, 3.05) is 5.73 Å². The molecule has 22 heavy (non-hydrogen) atoms. The molecular formula is C18H18N2O2. The van der Waals surface area contributed by atoms with Crippen LogP contribution in [-0.4, -0.2) is 16.6 Å². The van der Waals surface area contributed by atoms with E-state index in [1.54, 1.807) is 12.1 Å². The van der Waals surface area contributed by atoms with E-state index in [-0.39, 0.29) is 5.97 Å². The molecule has 0 unspecified atom stereocenters. The Hall–Kier alpha value is -2.62. The minimum Gasteiger partial charge on any atom is -0.456 e. The molecule has 0 atom stereocenters. The van der Waals surface area contributed by atoms with E-state index in [0.29, 0.717) is 22.2 Å². The summed E-state index contributed by atoms with van der Waals surface area (Å²) in [6.45, 7) is 5.54. The normalized spacial score (nSPS) is 11.8. The van der Waals surface area contributed by atoms with Crippen LogP contribution in [0.2, 0.25) is 0 Å². The molecule has 0 aliphatic heterocycles. The molecular weight excluding hydrogens is 276 g/mol. The van der Waals surface area contributed by atoms with E-state index in [0.717, 1.165) is 10.9 Å². The van der Waals surface area contributed by atoms with Gasteiger partial charge in [0.15, 0.2) is 0 Å². The van der Waals surface area contributed by atoms with Gasteiger partial charge in [0.1, 0.15) is 5.60 Å². The molecule has 3 rings (SSSR count). The Balaban J connectivity index is 2.25. The van der Waals surface area contributed by atoms with Crippen LogP contribution in [0.3, 0.4) is 0 Å². The molecule has 0 spiro atoms. The van der Waals surface area contributed by atoms with E-state index in [1.165, 1.54) is 0 Å². The number of rotatable bonds is 1. The lowest BCUT2D eigenvalue weighted by molar-refractivity contribution is 0.00719. The first-order valence-corrected chi connectivity index (χ1v) is 7.16. The van der Waals surface area contributed by atoms with Crippen molar-refractivity contribution in [3.63, 3.8) is 0 Å². The summed E-state index contributed by atoms with van der Waals surface area (Å²) in [6, 6.07) is 13.1. The predicted octanol–water partition coefficient (Wildman–Crippen LogP) is 3.93. The van der Waals surface area contributed by atoms with Gasteiger partial charge in [-0.15, -0.1) is 0 Å². The molecule has 2 aromatic carbocycles. The molecule has 1 aromatic heterocycles. The summed E-state index contributed by atoms with van der Waals surface area (Å²) in [5, 5.41) is 1.68. The number of anilines is 1. The number of pyridine rings is 1. The van der Waals surface area contributed by atoms with Crippen LogP contribution in [0.1, 0.15) is 31.1 Å². The monoisotopic (exact) mass is 294 g/mol. The van der Waals surface area contributed by atoms with Crippen LogP contribution in [0.15, 0.2) is 42.5 Å². The highest BCUT2D eigenvalue weighted by molar-refractivity contribution is 6.09. The third kappa shape index (κ3) is 2.60. The maximum atomic E-state index is 12.4. The number of benzene rings is 2. The number of nitrogens with two attached hydrogens (primary N) is 1. The average Bonchev–Trinajstić information content (AvgIpc) is 2.44. The summed E-state index contributed by atoms with van der Waals surface area (Å²) in [5.74, 6) is -0.366. The van der Waals surface area contributed by atoms with Gasteiger partial charge in [-0.2, -0.15) is 0 Å². The third-order valence-electron chi connectivity index (χ3n) is 3.34. The van der Waals surface area contributed by atoms with Crippen LogP contribution in [0.5, 0.6) is 0 Å². The van der Waals surface area contributed by atoms with Gasteiger partial charge in [0.2, 0.25) is 0 Å². The van der Waals surface area contributed by atoms with Gasteiger partial charge < -0.3 is 10.5 Å². The van der Waals surface area contributed by atoms with Gasteiger partial charge in [-0.1, -0.05) is 18.2 Å². The Kier molecular flexibility index (Phi) is 3.24. The lowest BCUT2D eigenvalue weighted by atomic mass is 10.0. The van der Waals surface area contributed by atoms with E-state index >= 15 is 0 Å². The van der Waals surface area contributed by atoms with Crippen LogP contribution in [0.25, 0.3) is 21.8 Å². The van der Waals surface area contributed by atoms with E-state index in [1.807, 2.05) is 51.1 Å². The summed E-state index contributed by atoms with van der Waals surface area (Å²) >= 11 is 0. The van der Waals surface area contributed by atoms with Gasteiger partial charge in [-0.25, -0.2) is 9.78 Å². The predicted molar refractivity (Wildman–Crippen MR) is 88.8 cm³/mol. The molecule has 1 heterocycles. The Bertz CT molecular complexity index is 879. The fourth-order valence-electron chi connectivity index (χ4n) is 2.39. The molecule has 3 aromatic rings. The third-order valence-corrected chi connectivity index (χ3v) is 3.34. The number of hydrogen-bond donors (Lipinski definition) is 1. The van der Waals surface area contributed by atoms with E-state index in [4.69, 9.17) is 10.5 Å². The lowest BCUT2D eigenvalue weighted by Crippen LogP contribution is -2.24. The van der Waals surface area contributed by atoms with Crippen LogP contribution >= 0.6 is 0 Å². The Morgan fingerprint density at radius 2 is 1.86 bits per heavy atom. The van der Waals surface area contributed by atoms with Crippen LogP contribution < -0.4 is 5.73 Å². The van der Waals surface area contributed by atoms with Crippen molar-refractivity contribution in [1.29, 1.82) is 0 Å². The van der Waals surface area contributed by atoms with E-state index < -0.39 is 5.60 Å². The van der Waals surface area contributed by atoms with Crippen molar-refractivity contribution in [3.8, 4) is 0 Å². The smallest absolute Gasteiger partial charge is 0.339 e. The molecule has 0 saturated heterocycles. The topological polar surface area (TPSA) is 65.2 Å². The number of para-hydroxylation sites is 1. The van der Waals surface area contributed by atoms with Gasteiger partial charge in [0.25, 0.3) is 0 Å². The first kappa shape index (κ1) is 14.3. The average molecular weight is 294 g/mol. The lowest BCUT2D eigenvalue weighted by Gasteiger charge is -2.20. The zero-order valence-electron chi connectivity index (χ0n) is 12.9. The maximum absolute atomic E-state index is 12.4. The SMILES string of the molecule is CC(C)(C)OC(=O)c1ccc(N)c2nc3ccccc3cc12. The van der Waals surface area contributed by atoms with Crippen LogP contribution in [0.4, 0.5) is 5.69 Å². The second-order valence-electron chi connectivity index (χ2n) is 6.28. The van der Waals surface area contributed by atoms with Gasteiger partial charge in [-0.05, 0) is 45.0 Å². The van der Waals surface area contributed by atoms with Gasteiger partial charge in [-0.3, -0.25) is 0 Å². The summed E-state index contributed by atoms with van der Waals surface area (Å²) in [6.07, 6.45) is 0. The molecule has 0 radical (unpaired) electrons. The first-order valence-electron chi connectivity index (χ1n) is 7.16. The number of aromatic nitrogens is 1. The highest BCUT2D eigenvalue weighted by atomic mass is 16.6. The quantitative estimate of drug-likeness (QED) is 0.419. The Labute approximate surface area is 128 Å². The first-order chi connectivity index (χ1) is 10.3. The number of carbonyl (C=O) groups is 1. The molecule has 2 N–H and O–H groups in total. The highest BCUT2D eigenvalue weighted by Crippen LogP contribution is 2.28. The molecule has 0 amide bonds. The second kappa shape index (κ2) is 4.98. The number of fused-ring (bicyclic) bond motifs is 2. The molecule has 0 saturated carbocycles. The maximum Gasteiger partial charge on any atom is 0.339 e. The summed E-state index contributed by atoms with van der Waals surface area (Å²) in [7, 11) is 0. The Morgan fingerprint density at radius 3 is 2.59 bits per heavy atom. The van der Waals surface area contributed by atoms with E-state index in [2.05, 4.69) is 4.98 Å². The van der Waals surface area contributed by atoms with Gasteiger partial charge >= 0.3 is 5.97 Å². The zero-order chi connectivity index (χ0) is 15.9. The van der Waals surface area contributed by atoms with Crippen molar-refractivity contribution in [1.82, 2.24) is 4.98 Å². The van der Waals surface area contributed by atoms with Gasteiger partial charge in [0, 0.05) is 10.8 Å². The molecule has 0 fully saturated rings. The number of ether oxygens (including phenoxy) is 1. The summed E-state index contributed by atoms with van der Waals surface area (Å²) < 4.78 is 5.48. The number of nitrogen functional groups attached to an aromatic ring is 1. The number of hydrogen-bond acceptors (Lipinski definition) is 4. The fraction of sp³-hybridized carbons (Fsp3) is 0.222. The Morgan fingerprint density at radius 1 is 1.14 bits per heavy atom. The summed E-state index contributed by atoms with van der Waals surface area (Å²) in [5.41, 5.74) is 7.99. The van der Waals surface area contributed by atoms with Gasteiger partial charge in [0.05, 0.1) is 22.3 Å². The van der Waals surface area contributed by atoms with Crippen molar-refractivity contribution >= 4 is 33.5 Å². The zero-order valence-corrected chi connectivity index (χ0v) is 12.9. The minimum atomic E-state index is -0.547. The van der Waals surface area contributed by atoms with Crippen molar-refractivity contribution in [2.24, 2.45) is 0 Å². The molecule has 0 aliphatic rings. The van der Waals surface area contributed by atoms with E-state index in [9.17, 15) is 4.79 Å². The second-order valence-corrected chi connectivity index (χ2v) is 6.28. The highest BCUT2D eigenvalue weighted by Gasteiger charge is 2.20. The minimum absolute atomic E-state index is 0.366. The largest absolute Gasteiger partial charge is 0.456 e. The molecule has 0 aliphatic carbocycles.